The lowest BCUT2D eigenvalue weighted by atomic mass is 9.57. The van der Waals surface area contributed by atoms with E-state index in [0.29, 0.717) is 34.9 Å². The maximum absolute atomic E-state index is 12.3. The van der Waals surface area contributed by atoms with E-state index in [9.17, 15) is 4.79 Å². The van der Waals surface area contributed by atoms with Crippen molar-refractivity contribution in [2.24, 2.45) is 35.0 Å². The Bertz CT molecular complexity index is 299. The number of rotatable bonds is 0. The minimum atomic E-state index is 0.324. The molecule has 0 aromatic rings. The summed E-state index contributed by atoms with van der Waals surface area (Å²) in [5.74, 6) is 3.38. The molecule has 0 saturated heterocycles. The molecule has 1 heteroatoms. The molecule has 0 bridgehead atoms. The van der Waals surface area contributed by atoms with Gasteiger partial charge in [0, 0.05) is 11.8 Å². The molecule has 17 heavy (non-hydrogen) atoms. The van der Waals surface area contributed by atoms with Gasteiger partial charge in [0.15, 0.2) is 0 Å². The molecule has 5 atom stereocenters. The Kier molecular flexibility index (Phi) is 3.40. The van der Waals surface area contributed by atoms with Crippen molar-refractivity contribution >= 4 is 5.78 Å². The molecule has 0 aliphatic heterocycles. The molecule has 2 aliphatic rings. The first-order valence-corrected chi connectivity index (χ1v) is 7.34. The second kappa shape index (κ2) is 4.40. The van der Waals surface area contributed by atoms with Gasteiger partial charge in [-0.2, -0.15) is 0 Å². The summed E-state index contributed by atoms with van der Waals surface area (Å²) in [7, 11) is 0. The number of hydrogen-bond acceptors (Lipinski definition) is 1. The molecule has 0 radical (unpaired) electrons. The fraction of sp³-hybridized carbons (Fsp3) is 0.938. The van der Waals surface area contributed by atoms with Gasteiger partial charge < -0.3 is 0 Å². The summed E-state index contributed by atoms with van der Waals surface area (Å²) in [6.07, 6.45) is 4.96. The summed E-state index contributed by atoms with van der Waals surface area (Å²) < 4.78 is 0. The van der Waals surface area contributed by atoms with Crippen molar-refractivity contribution in [3.05, 3.63) is 0 Å². The fourth-order valence-corrected chi connectivity index (χ4v) is 4.12. The second-order valence-electron chi connectivity index (χ2n) is 7.68. The third-order valence-corrected chi connectivity index (χ3v) is 5.37. The maximum Gasteiger partial charge on any atom is 0.139 e. The zero-order valence-corrected chi connectivity index (χ0v) is 12.1. The first-order chi connectivity index (χ1) is 7.80. The van der Waals surface area contributed by atoms with Crippen LogP contribution in [0.1, 0.15) is 60.3 Å². The van der Waals surface area contributed by atoms with Gasteiger partial charge in [-0.25, -0.2) is 0 Å². The van der Waals surface area contributed by atoms with E-state index >= 15 is 0 Å². The molecule has 98 valence electrons. The Balaban J connectivity index is 2.14. The lowest BCUT2D eigenvalue weighted by Crippen LogP contribution is -2.44. The van der Waals surface area contributed by atoms with Gasteiger partial charge in [0.2, 0.25) is 0 Å². The van der Waals surface area contributed by atoms with Crippen LogP contribution in [0.2, 0.25) is 0 Å². The normalized spacial score (nSPS) is 43.4. The highest BCUT2D eigenvalue weighted by atomic mass is 16.1. The first-order valence-electron chi connectivity index (χ1n) is 7.34. The molecular weight excluding hydrogens is 208 g/mol. The van der Waals surface area contributed by atoms with E-state index < -0.39 is 0 Å². The molecule has 2 rings (SSSR count). The summed E-state index contributed by atoms with van der Waals surface area (Å²) in [4.78, 5) is 12.3. The van der Waals surface area contributed by atoms with E-state index in [1.165, 1.54) is 19.3 Å². The van der Waals surface area contributed by atoms with Gasteiger partial charge in [-0.05, 0) is 48.9 Å². The van der Waals surface area contributed by atoms with Gasteiger partial charge in [0.05, 0.1) is 0 Å². The predicted octanol–water partition coefficient (Wildman–Crippen LogP) is 4.31. The van der Waals surface area contributed by atoms with Crippen molar-refractivity contribution in [2.45, 2.75) is 60.3 Å². The fourth-order valence-electron chi connectivity index (χ4n) is 4.12. The molecule has 1 nitrogen and oxygen atoms in total. The van der Waals surface area contributed by atoms with E-state index in [4.69, 9.17) is 0 Å². The Hall–Kier alpha value is -0.330. The van der Waals surface area contributed by atoms with Crippen molar-refractivity contribution in [2.75, 3.05) is 0 Å². The number of Topliss-reactive ketones (excluding diaryl/α,β-unsaturated/α-hetero) is 1. The van der Waals surface area contributed by atoms with Crippen molar-refractivity contribution in [3.63, 3.8) is 0 Å². The van der Waals surface area contributed by atoms with E-state index in [1.54, 1.807) is 0 Å². The van der Waals surface area contributed by atoms with Gasteiger partial charge >= 0.3 is 0 Å². The molecule has 2 saturated carbocycles. The Morgan fingerprint density at radius 3 is 2.29 bits per heavy atom. The van der Waals surface area contributed by atoms with Crippen molar-refractivity contribution in [1.29, 1.82) is 0 Å². The molecule has 2 fully saturated rings. The first kappa shape index (κ1) is 13.1. The maximum atomic E-state index is 12.3. The third kappa shape index (κ3) is 2.44. The van der Waals surface area contributed by atoms with Crippen LogP contribution in [0.25, 0.3) is 0 Å². The lowest BCUT2D eigenvalue weighted by Gasteiger charge is -2.47. The average molecular weight is 236 g/mol. The van der Waals surface area contributed by atoms with E-state index in [0.717, 1.165) is 12.3 Å². The number of hydrogen-bond donors (Lipinski definition) is 0. The van der Waals surface area contributed by atoms with Crippen LogP contribution >= 0.6 is 0 Å². The van der Waals surface area contributed by atoms with Crippen LogP contribution in [-0.2, 0) is 4.79 Å². The number of ketones is 1. The van der Waals surface area contributed by atoms with Gasteiger partial charge in [-0.1, -0.05) is 34.6 Å². The van der Waals surface area contributed by atoms with Gasteiger partial charge in [-0.3, -0.25) is 4.79 Å². The van der Waals surface area contributed by atoms with Crippen LogP contribution in [0.5, 0.6) is 0 Å². The molecule has 0 aromatic carbocycles. The van der Waals surface area contributed by atoms with Gasteiger partial charge in [0.25, 0.3) is 0 Å². The molecule has 2 aliphatic carbocycles. The molecule has 0 N–H and O–H groups in total. The molecular formula is C16H28O. The highest BCUT2D eigenvalue weighted by molar-refractivity contribution is 5.84. The van der Waals surface area contributed by atoms with Gasteiger partial charge in [0.1, 0.15) is 5.78 Å². The highest BCUT2D eigenvalue weighted by Crippen LogP contribution is 2.50. The van der Waals surface area contributed by atoms with Crippen molar-refractivity contribution < 1.29 is 4.79 Å². The summed E-state index contributed by atoms with van der Waals surface area (Å²) in [5.41, 5.74) is 0.408. The van der Waals surface area contributed by atoms with Crippen LogP contribution < -0.4 is 0 Å². The van der Waals surface area contributed by atoms with Crippen LogP contribution in [0, 0.1) is 35.0 Å². The van der Waals surface area contributed by atoms with E-state index in [-0.39, 0.29) is 0 Å². The van der Waals surface area contributed by atoms with E-state index in [1.807, 2.05) is 0 Å². The lowest BCUT2D eigenvalue weighted by molar-refractivity contribution is -0.136. The van der Waals surface area contributed by atoms with E-state index in [2.05, 4.69) is 34.6 Å². The highest BCUT2D eigenvalue weighted by Gasteiger charge is 2.45. The van der Waals surface area contributed by atoms with Crippen molar-refractivity contribution in [1.82, 2.24) is 0 Å². The third-order valence-electron chi connectivity index (χ3n) is 5.37. The second-order valence-corrected chi connectivity index (χ2v) is 7.68. The Morgan fingerprint density at radius 1 is 1.06 bits per heavy atom. The smallest absolute Gasteiger partial charge is 0.139 e. The minimum Gasteiger partial charge on any atom is -0.299 e. The standard InChI is InChI=1S/C16H28O/c1-10-6-7-12-9-13(16(3,4)5)8-11(2)14(12)15(10)17/h10-14H,6-9H2,1-5H3/t10?,11-,12?,13?,14?/m0/s1. The average Bonchev–Trinajstić information content (AvgIpc) is 2.21. The van der Waals surface area contributed by atoms with Crippen LogP contribution in [0.4, 0.5) is 0 Å². The summed E-state index contributed by atoms with van der Waals surface area (Å²) >= 11 is 0. The van der Waals surface area contributed by atoms with Crippen LogP contribution in [-0.4, -0.2) is 5.78 Å². The Labute approximate surface area is 106 Å². The topological polar surface area (TPSA) is 17.1 Å². The van der Waals surface area contributed by atoms with Gasteiger partial charge in [-0.15, -0.1) is 0 Å². The van der Waals surface area contributed by atoms with Crippen LogP contribution in [0.15, 0.2) is 0 Å². The van der Waals surface area contributed by atoms with Crippen molar-refractivity contribution in [3.8, 4) is 0 Å². The zero-order chi connectivity index (χ0) is 12.8. The Morgan fingerprint density at radius 2 is 1.71 bits per heavy atom. The number of fused-ring (bicyclic) bond motifs is 1. The summed E-state index contributed by atoms with van der Waals surface area (Å²) in [6.45, 7) is 11.5. The summed E-state index contributed by atoms with van der Waals surface area (Å²) in [5, 5.41) is 0. The summed E-state index contributed by atoms with van der Waals surface area (Å²) in [6, 6.07) is 0. The minimum absolute atomic E-state index is 0.324. The predicted molar refractivity (Wildman–Crippen MR) is 71.7 cm³/mol. The molecule has 4 unspecified atom stereocenters. The largest absolute Gasteiger partial charge is 0.299 e. The molecule has 0 heterocycles. The molecule has 0 spiro atoms. The molecule has 0 aromatic heterocycles. The SMILES string of the molecule is CC1CCC2CC(C(C)(C)C)C[C@H](C)C2C1=O. The van der Waals surface area contributed by atoms with Crippen LogP contribution in [0.3, 0.4) is 0 Å². The zero-order valence-electron chi connectivity index (χ0n) is 12.1. The number of carbonyl (C=O) groups is 1. The quantitative estimate of drug-likeness (QED) is 0.612. The monoisotopic (exact) mass is 236 g/mol. The number of carbonyl (C=O) groups excluding carboxylic acids is 1. The molecule has 0 amide bonds.